The molecule has 0 atom stereocenters. The van der Waals surface area contributed by atoms with Crippen LogP contribution in [0.15, 0.2) is 18.2 Å². The molecule has 1 fully saturated rings. The highest BCUT2D eigenvalue weighted by Crippen LogP contribution is 2.33. The van der Waals surface area contributed by atoms with Gasteiger partial charge in [0.15, 0.2) is 0 Å². The van der Waals surface area contributed by atoms with Crippen LogP contribution in [0, 0.1) is 12.8 Å². The first-order chi connectivity index (χ1) is 9.46. The Bertz CT molecular complexity index is 495. The third-order valence-electron chi connectivity index (χ3n) is 4.30. The molecule has 0 saturated heterocycles. The van der Waals surface area contributed by atoms with Gasteiger partial charge in [-0.15, -0.1) is 0 Å². The zero-order valence-corrected chi connectivity index (χ0v) is 14.4. The summed E-state index contributed by atoms with van der Waals surface area (Å²) in [6, 6.07) is 5.48. The lowest BCUT2D eigenvalue weighted by Gasteiger charge is -2.39. The molecule has 0 radical (unpaired) electrons. The van der Waals surface area contributed by atoms with Gasteiger partial charge < -0.3 is 5.32 Å². The molecule has 4 heteroatoms. The molecule has 0 heterocycles. The van der Waals surface area contributed by atoms with E-state index in [0.29, 0.717) is 10.6 Å². The van der Waals surface area contributed by atoms with E-state index in [1.54, 1.807) is 6.07 Å². The minimum atomic E-state index is -0.110. The molecule has 1 aliphatic rings. The average molecular weight is 359 g/mol. The molecule has 0 aromatic heterocycles. The van der Waals surface area contributed by atoms with Gasteiger partial charge in [-0.05, 0) is 56.2 Å². The highest BCUT2D eigenvalue weighted by Gasteiger charge is 2.34. The number of hydrogen-bond donors (Lipinski definition) is 1. The second-order valence-corrected chi connectivity index (χ2v) is 6.98. The van der Waals surface area contributed by atoms with Gasteiger partial charge in [-0.2, -0.15) is 0 Å². The topological polar surface area (TPSA) is 29.1 Å². The molecule has 2 nitrogen and oxygen atoms in total. The third kappa shape index (κ3) is 3.56. The summed E-state index contributed by atoms with van der Waals surface area (Å²) in [5.41, 5.74) is 1.52. The zero-order chi connectivity index (χ0) is 14.8. The second kappa shape index (κ2) is 6.48. The van der Waals surface area contributed by atoms with Gasteiger partial charge in [0.2, 0.25) is 0 Å². The molecule has 0 spiro atoms. The van der Waals surface area contributed by atoms with Gasteiger partial charge in [-0.3, -0.25) is 4.79 Å². The van der Waals surface area contributed by atoms with Crippen molar-refractivity contribution in [3.63, 3.8) is 0 Å². The molecule has 0 bridgehead atoms. The van der Waals surface area contributed by atoms with Gasteiger partial charge in [0.1, 0.15) is 0 Å². The van der Waals surface area contributed by atoms with E-state index in [4.69, 9.17) is 11.6 Å². The fourth-order valence-electron chi connectivity index (χ4n) is 2.65. The van der Waals surface area contributed by atoms with Gasteiger partial charge in [0.25, 0.3) is 5.91 Å². The number of benzene rings is 1. The summed E-state index contributed by atoms with van der Waals surface area (Å²) < 4.78 is 0. The Morgan fingerprint density at radius 1 is 1.45 bits per heavy atom. The fourth-order valence-corrected chi connectivity index (χ4v) is 3.54. The van der Waals surface area contributed by atoms with Crippen molar-refractivity contribution in [3.8, 4) is 0 Å². The summed E-state index contributed by atoms with van der Waals surface area (Å²) in [4.78, 5) is 12.4. The quantitative estimate of drug-likeness (QED) is 0.778. The Kier molecular flexibility index (Phi) is 5.14. The lowest BCUT2D eigenvalue weighted by Crippen LogP contribution is -2.52. The molecule has 0 aliphatic heterocycles. The minimum Gasteiger partial charge on any atom is -0.346 e. The molecule has 1 amide bonds. The van der Waals surface area contributed by atoms with Crippen molar-refractivity contribution in [2.75, 3.05) is 5.33 Å². The largest absolute Gasteiger partial charge is 0.346 e. The summed E-state index contributed by atoms with van der Waals surface area (Å²) in [6.45, 7) is 4.21. The molecule has 1 aromatic carbocycles. The van der Waals surface area contributed by atoms with Crippen molar-refractivity contribution < 1.29 is 4.79 Å². The summed E-state index contributed by atoms with van der Waals surface area (Å²) >= 11 is 9.67. The highest BCUT2D eigenvalue weighted by molar-refractivity contribution is 9.09. The number of nitrogens with one attached hydrogen (secondary N) is 1. The first kappa shape index (κ1) is 15.8. The van der Waals surface area contributed by atoms with Crippen LogP contribution in [0.5, 0.6) is 0 Å². The molecule has 1 saturated carbocycles. The van der Waals surface area contributed by atoms with Crippen molar-refractivity contribution >= 4 is 33.4 Å². The van der Waals surface area contributed by atoms with E-state index in [1.807, 2.05) is 19.1 Å². The Balaban J connectivity index is 2.11. The van der Waals surface area contributed by atoms with Gasteiger partial charge in [0, 0.05) is 15.9 Å². The molecule has 20 heavy (non-hydrogen) atoms. The van der Waals surface area contributed by atoms with E-state index in [-0.39, 0.29) is 11.4 Å². The predicted molar refractivity (Wildman–Crippen MR) is 87.8 cm³/mol. The monoisotopic (exact) mass is 357 g/mol. The molecule has 1 aliphatic carbocycles. The van der Waals surface area contributed by atoms with Gasteiger partial charge in [-0.25, -0.2) is 0 Å². The first-order valence-corrected chi connectivity index (χ1v) is 8.60. The van der Waals surface area contributed by atoms with Crippen molar-refractivity contribution in [3.05, 3.63) is 34.3 Å². The first-order valence-electron chi connectivity index (χ1n) is 7.10. The highest BCUT2D eigenvalue weighted by atomic mass is 79.9. The zero-order valence-electron chi connectivity index (χ0n) is 12.0. The summed E-state index contributed by atoms with van der Waals surface area (Å²) in [7, 11) is 0. The standard InChI is InChI=1S/C16H21BrClNO/c1-11-5-7-16(10-17,8-6-11)19-15(20)13-4-3-12(2)14(18)9-13/h3-4,9,11H,5-8,10H2,1-2H3,(H,19,20). The van der Waals surface area contributed by atoms with E-state index in [0.717, 1.165) is 29.7 Å². The van der Waals surface area contributed by atoms with Crippen LogP contribution in [-0.2, 0) is 0 Å². The summed E-state index contributed by atoms with van der Waals surface area (Å²) in [6.07, 6.45) is 4.40. The van der Waals surface area contributed by atoms with Crippen LogP contribution in [0.3, 0.4) is 0 Å². The Labute approximate surface area is 134 Å². The maximum absolute atomic E-state index is 12.4. The van der Waals surface area contributed by atoms with Crippen molar-refractivity contribution in [2.24, 2.45) is 5.92 Å². The molecule has 1 aromatic rings. The maximum Gasteiger partial charge on any atom is 0.251 e. The smallest absolute Gasteiger partial charge is 0.251 e. The Hall–Kier alpha value is -0.540. The molecule has 2 rings (SSSR count). The van der Waals surface area contributed by atoms with Crippen LogP contribution in [0.2, 0.25) is 5.02 Å². The van der Waals surface area contributed by atoms with Gasteiger partial charge in [-0.1, -0.05) is 40.5 Å². The normalized spacial score (nSPS) is 26.3. The number of halogens is 2. The van der Waals surface area contributed by atoms with Gasteiger partial charge in [0.05, 0.1) is 5.54 Å². The number of rotatable bonds is 3. The van der Waals surface area contributed by atoms with E-state index in [1.165, 1.54) is 12.8 Å². The van der Waals surface area contributed by atoms with Crippen LogP contribution in [-0.4, -0.2) is 16.8 Å². The number of aryl methyl sites for hydroxylation is 1. The lowest BCUT2D eigenvalue weighted by atomic mass is 9.78. The number of carbonyl (C=O) groups is 1. The SMILES string of the molecule is Cc1ccc(C(=O)NC2(CBr)CCC(C)CC2)cc1Cl. The minimum absolute atomic E-state index is 0.0269. The number of hydrogen-bond acceptors (Lipinski definition) is 1. The molecule has 0 unspecified atom stereocenters. The number of amides is 1. The predicted octanol–water partition coefficient (Wildman–Crippen LogP) is 4.72. The van der Waals surface area contributed by atoms with Crippen LogP contribution in [0.25, 0.3) is 0 Å². The molecule has 1 N–H and O–H groups in total. The Morgan fingerprint density at radius 2 is 2.10 bits per heavy atom. The van der Waals surface area contributed by atoms with E-state index in [9.17, 15) is 4.79 Å². The van der Waals surface area contributed by atoms with Gasteiger partial charge >= 0.3 is 0 Å². The van der Waals surface area contributed by atoms with Crippen LogP contribution in [0.1, 0.15) is 48.5 Å². The van der Waals surface area contributed by atoms with Crippen molar-refractivity contribution in [1.82, 2.24) is 5.32 Å². The van der Waals surface area contributed by atoms with E-state index >= 15 is 0 Å². The van der Waals surface area contributed by atoms with E-state index < -0.39 is 0 Å². The third-order valence-corrected chi connectivity index (χ3v) is 5.78. The summed E-state index contributed by atoms with van der Waals surface area (Å²) in [5.74, 6) is 0.730. The maximum atomic E-state index is 12.4. The lowest BCUT2D eigenvalue weighted by molar-refractivity contribution is 0.0874. The number of carbonyl (C=O) groups excluding carboxylic acids is 1. The van der Waals surface area contributed by atoms with Crippen LogP contribution >= 0.6 is 27.5 Å². The molecular formula is C16H21BrClNO. The molecule has 110 valence electrons. The molecular weight excluding hydrogens is 338 g/mol. The fraction of sp³-hybridized carbons (Fsp3) is 0.562. The average Bonchev–Trinajstić information content (AvgIpc) is 2.44. The van der Waals surface area contributed by atoms with Crippen LogP contribution < -0.4 is 5.32 Å². The number of alkyl halides is 1. The van der Waals surface area contributed by atoms with Crippen molar-refractivity contribution in [1.29, 1.82) is 0 Å². The van der Waals surface area contributed by atoms with Crippen molar-refractivity contribution in [2.45, 2.75) is 45.1 Å². The van der Waals surface area contributed by atoms with Crippen LogP contribution in [0.4, 0.5) is 0 Å². The second-order valence-electron chi connectivity index (χ2n) is 6.01. The van der Waals surface area contributed by atoms with E-state index in [2.05, 4.69) is 28.2 Å². The summed E-state index contributed by atoms with van der Waals surface area (Å²) in [5, 5.41) is 4.67. The Morgan fingerprint density at radius 3 is 2.65 bits per heavy atom.